The zero-order valence-corrected chi connectivity index (χ0v) is 22.7. The SMILES string of the molecule is CC(=O)Oc1c(-c2ccc(NC(=O)c3ccccc3C)cc2)c(-c2ccccc2F)nn1-c1ccc(C)cc1C. The number of nitrogens with zero attached hydrogens (tertiary/aromatic N) is 2. The molecule has 0 saturated carbocycles. The van der Waals surface area contributed by atoms with Gasteiger partial charge in [0.25, 0.3) is 5.91 Å². The second-order valence-electron chi connectivity index (χ2n) is 9.65. The molecule has 0 bridgehead atoms. The second-order valence-corrected chi connectivity index (χ2v) is 9.65. The molecule has 1 amide bonds. The van der Waals surface area contributed by atoms with Crippen LogP contribution in [0.15, 0.2) is 91.0 Å². The van der Waals surface area contributed by atoms with Gasteiger partial charge in [-0.2, -0.15) is 9.78 Å². The van der Waals surface area contributed by atoms with Crippen LogP contribution in [0, 0.1) is 26.6 Å². The summed E-state index contributed by atoms with van der Waals surface area (Å²) in [4.78, 5) is 25.1. The molecule has 0 radical (unpaired) electrons. The maximum absolute atomic E-state index is 15.1. The van der Waals surface area contributed by atoms with Gasteiger partial charge in [0.15, 0.2) is 0 Å². The summed E-state index contributed by atoms with van der Waals surface area (Å²) in [6.45, 7) is 7.13. The van der Waals surface area contributed by atoms with Crippen molar-refractivity contribution in [1.29, 1.82) is 0 Å². The van der Waals surface area contributed by atoms with Crippen LogP contribution in [0.2, 0.25) is 0 Å². The van der Waals surface area contributed by atoms with Crippen molar-refractivity contribution in [2.45, 2.75) is 27.7 Å². The molecule has 5 rings (SSSR count). The molecule has 0 aliphatic rings. The number of amides is 1. The van der Waals surface area contributed by atoms with Gasteiger partial charge in [-0.05, 0) is 73.9 Å². The van der Waals surface area contributed by atoms with Crippen LogP contribution in [0.3, 0.4) is 0 Å². The number of nitrogens with one attached hydrogen (secondary N) is 1. The normalized spacial score (nSPS) is 10.8. The molecule has 0 unspecified atom stereocenters. The van der Waals surface area contributed by atoms with E-state index in [1.165, 1.54) is 13.0 Å². The Balaban J connectivity index is 1.65. The second kappa shape index (κ2) is 11.0. The predicted molar refractivity (Wildman–Crippen MR) is 154 cm³/mol. The average Bonchev–Trinajstić information content (AvgIpc) is 3.27. The minimum Gasteiger partial charge on any atom is -0.407 e. The first-order chi connectivity index (χ1) is 19.2. The van der Waals surface area contributed by atoms with E-state index in [0.29, 0.717) is 33.8 Å². The highest BCUT2D eigenvalue weighted by Crippen LogP contribution is 2.42. The van der Waals surface area contributed by atoms with E-state index in [-0.39, 0.29) is 17.4 Å². The van der Waals surface area contributed by atoms with Gasteiger partial charge in [0.1, 0.15) is 11.5 Å². The first kappa shape index (κ1) is 26.6. The van der Waals surface area contributed by atoms with Gasteiger partial charge in [-0.25, -0.2) is 4.39 Å². The Morgan fingerprint density at radius 2 is 1.55 bits per heavy atom. The van der Waals surface area contributed by atoms with Crippen LogP contribution in [0.4, 0.5) is 10.1 Å². The van der Waals surface area contributed by atoms with E-state index in [9.17, 15) is 9.59 Å². The van der Waals surface area contributed by atoms with Crippen molar-refractivity contribution in [1.82, 2.24) is 9.78 Å². The molecule has 7 heteroatoms. The topological polar surface area (TPSA) is 73.2 Å². The van der Waals surface area contributed by atoms with Gasteiger partial charge in [-0.3, -0.25) is 9.59 Å². The smallest absolute Gasteiger partial charge is 0.309 e. The number of benzene rings is 4. The summed E-state index contributed by atoms with van der Waals surface area (Å²) in [5, 5.41) is 7.70. The number of carbonyl (C=O) groups is 2. The van der Waals surface area contributed by atoms with Gasteiger partial charge >= 0.3 is 5.97 Å². The number of halogens is 1. The first-order valence-electron chi connectivity index (χ1n) is 12.8. The molecule has 0 aliphatic carbocycles. The third-order valence-corrected chi connectivity index (χ3v) is 6.61. The molecule has 5 aromatic rings. The monoisotopic (exact) mass is 533 g/mol. The quantitative estimate of drug-likeness (QED) is 0.230. The average molecular weight is 534 g/mol. The predicted octanol–water partition coefficient (Wildman–Crippen LogP) is 7.45. The van der Waals surface area contributed by atoms with Crippen LogP contribution >= 0.6 is 0 Å². The number of hydrogen-bond acceptors (Lipinski definition) is 4. The molecule has 200 valence electrons. The summed E-state index contributed by atoms with van der Waals surface area (Å²) in [5.41, 5.74) is 6.41. The Kier molecular flexibility index (Phi) is 7.29. The highest BCUT2D eigenvalue weighted by molar-refractivity contribution is 6.05. The molecule has 0 atom stereocenters. The van der Waals surface area contributed by atoms with Crippen molar-refractivity contribution in [3.63, 3.8) is 0 Å². The van der Waals surface area contributed by atoms with Gasteiger partial charge in [0, 0.05) is 23.7 Å². The van der Waals surface area contributed by atoms with E-state index in [1.54, 1.807) is 53.2 Å². The molecule has 0 aliphatic heterocycles. The maximum atomic E-state index is 15.1. The lowest BCUT2D eigenvalue weighted by atomic mass is 10.0. The molecule has 4 aromatic carbocycles. The largest absolute Gasteiger partial charge is 0.407 e. The van der Waals surface area contributed by atoms with Crippen LogP contribution in [-0.4, -0.2) is 21.7 Å². The fourth-order valence-electron chi connectivity index (χ4n) is 4.69. The molecule has 1 N–H and O–H groups in total. The Labute approximate surface area is 232 Å². The third kappa shape index (κ3) is 5.27. The van der Waals surface area contributed by atoms with Crippen LogP contribution in [0.25, 0.3) is 28.1 Å². The van der Waals surface area contributed by atoms with Crippen LogP contribution in [0.1, 0.15) is 34.0 Å². The molecule has 1 heterocycles. The molecule has 40 heavy (non-hydrogen) atoms. The number of aromatic nitrogens is 2. The Morgan fingerprint density at radius 1 is 0.850 bits per heavy atom. The third-order valence-electron chi connectivity index (χ3n) is 6.61. The molecule has 0 fully saturated rings. The number of esters is 1. The van der Waals surface area contributed by atoms with E-state index >= 15 is 4.39 Å². The molecular formula is C33H28FN3O3. The van der Waals surface area contributed by atoms with Gasteiger partial charge in [-0.15, -0.1) is 0 Å². The number of rotatable bonds is 6. The van der Waals surface area contributed by atoms with Crippen molar-refractivity contribution < 1.29 is 18.7 Å². The standard InChI is InChI=1S/C33H28FN3O3/c1-20-13-18-29(22(3)19-20)37-33(40-23(4)38)30(31(36-37)27-11-7-8-12-28(27)34)24-14-16-25(17-15-24)35-32(39)26-10-6-5-9-21(26)2/h5-19H,1-4H3,(H,35,39). The highest BCUT2D eigenvalue weighted by Gasteiger charge is 2.26. The number of anilines is 1. The highest BCUT2D eigenvalue weighted by atomic mass is 19.1. The molecular weight excluding hydrogens is 505 g/mol. The van der Waals surface area contributed by atoms with Crippen molar-refractivity contribution in [3.8, 4) is 34.0 Å². The zero-order valence-electron chi connectivity index (χ0n) is 22.7. The molecule has 6 nitrogen and oxygen atoms in total. The Morgan fingerprint density at radius 3 is 2.23 bits per heavy atom. The van der Waals surface area contributed by atoms with Crippen LogP contribution < -0.4 is 10.1 Å². The fraction of sp³-hybridized carbons (Fsp3) is 0.121. The summed E-state index contributed by atoms with van der Waals surface area (Å²) in [5.74, 6) is -1.03. The van der Waals surface area contributed by atoms with E-state index in [4.69, 9.17) is 9.84 Å². The van der Waals surface area contributed by atoms with Crippen molar-refractivity contribution in [2.24, 2.45) is 0 Å². The van der Waals surface area contributed by atoms with Gasteiger partial charge in [0.2, 0.25) is 5.88 Å². The van der Waals surface area contributed by atoms with E-state index in [2.05, 4.69) is 5.32 Å². The lowest BCUT2D eigenvalue weighted by Gasteiger charge is -2.12. The minimum atomic E-state index is -0.533. The summed E-state index contributed by atoms with van der Waals surface area (Å²) in [7, 11) is 0. The van der Waals surface area contributed by atoms with Crippen LogP contribution in [-0.2, 0) is 4.79 Å². The van der Waals surface area contributed by atoms with Gasteiger partial charge < -0.3 is 10.1 Å². The van der Waals surface area contributed by atoms with Crippen molar-refractivity contribution in [3.05, 3.63) is 119 Å². The van der Waals surface area contributed by atoms with Crippen LogP contribution in [0.5, 0.6) is 5.88 Å². The zero-order chi connectivity index (χ0) is 28.4. The van der Waals surface area contributed by atoms with Gasteiger partial charge in [0.05, 0.1) is 11.3 Å². The summed E-state index contributed by atoms with van der Waals surface area (Å²) >= 11 is 0. The Hall–Kier alpha value is -5.04. The molecule has 0 spiro atoms. The number of carbonyl (C=O) groups excluding carboxylic acids is 2. The lowest BCUT2D eigenvalue weighted by molar-refractivity contribution is -0.132. The number of ether oxygens (including phenoxy) is 1. The van der Waals surface area contributed by atoms with Gasteiger partial charge in [-0.1, -0.05) is 60.2 Å². The van der Waals surface area contributed by atoms with Crippen molar-refractivity contribution in [2.75, 3.05) is 5.32 Å². The van der Waals surface area contributed by atoms with Crippen molar-refractivity contribution >= 4 is 17.6 Å². The summed E-state index contributed by atoms with van der Waals surface area (Å²) < 4.78 is 22.4. The maximum Gasteiger partial charge on any atom is 0.309 e. The minimum absolute atomic E-state index is 0.175. The van der Waals surface area contributed by atoms with E-state index < -0.39 is 11.8 Å². The molecule has 0 saturated heterocycles. The first-order valence-corrected chi connectivity index (χ1v) is 12.8. The number of aryl methyl sites for hydroxylation is 3. The Bertz CT molecular complexity index is 1740. The summed E-state index contributed by atoms with van der Waals surface area (Å²) in [6.07, 6.45) is 0. The number of hydrogen-bond donors (Lipinski definition) is 1. The summed E-state index contributed by atoms with van der Waals surface area (Å²) in [6, 6.07) is 26.6. The van der Waals surface area contributed by atoms with E-state index in [1.807, 2.05) is 57.2 Å². The lowest BCUT2D eigenvalue weighted by Crippen LogP contribution is -2.13. The fourth-order valence-corrected chi connectivity index (χ4v) is 4.69. The van der Waals surface area contributed by atoms with E-state index in [0.717, 1.165) is 16.7 Å². The molecule has 1 aromatic heterocycles.